The standard InChI is InChI=1S/C45H53ClN2O6S2/c1-44(2)39(47(27-9-10-29-55(49,50)51)37-23-19-31-13-5-7-17-35(31)41(37)44)25-21-33-15-11-16-34(43(33)46)22-26-40-45(3,4)42-36-18-8-6-14-32(36)20-24-38(42)48(40)28-12-30-56(52,53)54/h5-8,13-14,17-26,38,40,42H,9-12,15-16,27-30H2,1-4H3,(H,49,50,51)(H,52,53,54)/p-2/b26-22+,33-21+,39-25+. The average Bonchev–Trinajstić information content (AvgIpc) is 3.49. The van der Waals surface area contributed by atoms with E-state index < -0.39 is 26.0 Å². The zero-order chi connectivity index (χ0) is 40.0. The van der Waals surface area contributed by atoms with Crippen molar-refractivity contribution < 1.29 is 25.9 Å². The van der Waals surface area contributed by atoms with Gasteiger partial charge in [-0.1, -0.05) is 124 Å². The van der Waals surface area contributed by atoms with E-state index in [0.29, 0.717) is 25.9 Å². The van der Waals surface area contributed by atoms with E-state index in [1.54, 1.807) is 0 Å². The van der Waals surface area contributed by atoms with Crippen LogP contribution in [0.2, 0.25) is 0 Å². The first-order valence-corrected chi connectivity index (χ1v) is 23.2. The van der Waals surface area contributed by atoms with Crippen LogP contribution in [-0.2, 0) is 25.7 Å². The topological polar surface area (TPSA) is 121 Å². The summed E-state index contributed by atoms with van der Waals surface area (Å²) in [4.78, 5) is 4.64. The molecule has 2 aliphatic heterocycles. The fraction of sp³-hybridized carbons (Fsp3) is 0.422. The summed E-state index contributed by atoms with van der Waals surface area (Å²) in [5.41, 5.74) is 7.42. The van der Waals surface area contributed by atoms with Crippen LogP contribution in [0, 0.1) is 5.41 Å². The van der Waals surface area contributed by atoms with Gasteiger partial charge in [0.2, 0.25) is 0 Å². The molecule has 2 aliphatic carbocycles. The van der Waals surface area contributed by atoms with Crippen molar-refractivity contribution in [2.45, 2.75) is 89.6 Å². The van der Waals surface area contributed by atoms with E-state index in [-0.39, 0.29) is 41.0 Å². The van der Waals surface area contributed by atoms with Gasteiger partial charge < -0.3 is 14.0 Å². The lowest BCUT2D eigenvalue weighted by molar-refractivity contribution is 0.206. The quantitative estimate of drug-likeness (QED) is 0.131. The first-order chi connectivity index (χ1) is 26.5. The van der Waals surface area contributed by atoms with Gasteiger partial charge in [-0.3, -0.25) is 4.90 Å². The van der Waals surface area contributed by atoms with Crippen LogP contribution in [0.4, 0.5) is 5.69 Å². The van der Waals surface area contributed by atoms with E-state index in [1.807, 2.05) is 6.07 Å². The minimum absolute atomic E-state index is 0.0334. The second kappa shape index (κ2) is 15.7. The Morgan fingerprint density at radius 1 is 0.839 bits per heavy atom. The average molecular weight is 815 g/mol. The van der Waals surface area contributed by atoms with Gasteiger partial charge in [-0.05, 0) is 94.7 Å². The fourth-order valence-electron chi connectivity index (χ4n) is 9.87. The molecule has 2 heterocycles. The molecule has 3 unspecified atom stereocenters. The molecule has 3 aromatic carbocycles. The van der Waals surface area contributed by atoms with Crippen LogP contribution >= 0.6 is 11.6 Å². The van der Waals surface area contributed by atoms with Gasteiger partial charge in [0.1, 0.15) is 0 Å². The molecule has 0 N–H and O–H groups in total. The van der Waals surface area contributed by atoms with Gasteiger partial charge in [-0.25, -0.2) is 16.8 Å². The normalized spacial score (nSPS) is 24.8. The summed E-state index contributed by atoms with van der Waals surface area (Å²) in [6.45, 7) is 10.1. The highest BCUT2D eigenvalue weighted by Gasteiger charge is 2.53. The Morgan fingerprint density at radius 3 is 2.32 bits per heavy atom. The second-order valence-electron chi connectivity index (χ2n) is 16.8. The van der Waals surface area contributed by atoms with Gasteiger partial charge in [0.05, 0.1) is 20.2 Å². The molecule has 0 spiro atoms. The van der Waals surface area contributed by atoms with Crippen LogP contribution in [0.5, 0.6) is 0 Å². The number of halogens is 1. The highest BCUT2D eigenvalue weighted by Crippen LogP contribution is 2.55. The lowest BCUT2D eigenvalue weighted by Crippen LogP contribution is -2.39. The molecule has 298 valence electrons. The zero-order valence-corrected chi connectivity index (χ0v) is 35.0. The molecule has 1 fully saturated rings. The molecule has 3 atom stereocenters. The van der Waals surface area contributed by atoms with Gasteiger partial charge in [-0.2, -0.15) is 0 Å². The highest BCUT2D eigenvalue weighted by atomic mass is 35.5. The number of anilines is 1. The summed E-state index contributed by atoms with van der Waals surface area (Å²) >= 11 is 7.27. The molecule has 0 amide bonds. The molecule has 3 aromatic rings. The van der Waals surface area contributed by atoms with E-state index in [2.05, 4.69) is 129 Å². The summed E-state index contributed by atoms with van der Waals surface area (Å²) in [7, 11) is -8.61. The summed E-state index contributed by atoms with van der Waals surface area (Å²) in [5, 5.41) is 3.07. The first kappa shape index (κ1) is 40.7. The minimum Gasteiger partial charge on any atom is -0.748 e. The number of nitrogens with zero attached hydrogens (tertiary/aromatic N) is 2. The molecule has 1 saturated heterocycles. The van der Waals surface area contributed by atoms with Crippen molar-refractivity contribution in [1.82, 2.24) is 4.90 Å². The van der Waals surface area contributed by atoms with Gasteiger partial charge in [-0.15, -0.1) is 0 Å². The Labute approximate surface area is 337 Å². The maximum atomic E-state index is 11.6. The lowest BCUT2D eigenvalue weighted by atomic mass is 9.68. The predicted molar refractivity (Wildman–Crippen MR) is 226 cm³/mol. The van der Waals surface area contributed by atoms with E-state index in [0.717, 1.165) is 52.2 Å². The van der Waals surface area contributed by atoms with E-state index >= 15 is 0 Å². The third-order valence-electron chi connectivity index (χ3n) is 12.4. The van der Waals surface area contributed by atoms with Crippen LogP contribution in [0.15, 0.2) is 113 Å². The first-order valence-electron chi connectivity index (χ1n) is 19.7. The number of benzene rings is 3. The molecule has 56 heavy (non-hydrogen) atoms. The molecule has 7 rings (SSSR count). The van der Waals surface area contributed by atoms with Gasteiger partial charge >= 0.3 is 0 Å². The smallest absolute Gasteiger partial charge is 0.0946 e. The molecule has 11 heteroatoms. The van der Waals surface area contributed by atoms with Crippen molar-refractivity contribution in [3.8, 4) is 0 Å². The number of allylic oxidation sites excluding steroid dienone is 7. The van der Waals surface area contributed by atoms with Gasteiger partial charge in [0.25, 0.3) is 0 Å². The van der Waals surface area contributed by atoms with Crippen molar-refractivity contribution >= 4 is 54.4 Å². The van der Waals surface area contributed by atoms with Crippen molar-refractivity contribution in [2.24, 2.45) is 5.41 Å². The second-order valence-corrected chi connectivity index (χ2v) is 20.2. The number of hydrogen-bond acceptors (Lipinski definition) is 8. The van der Waals surface area contributed by atoms with E-state index in [4.69, 9.17) is 11.6 Å². The van der Waals surface area contributed by atoms with Crippen LogP contribution in [0.3, 0.4) is 0 Å². The number of hydrogen-bond donors (Lipinski definition) is 0. The Kier molecular flexibility index (Phi) is 11.4. The molecule has 0 bridgehead atoms. The van der Waals surface area contributed by atoms with Crippen LogP contribution in [-0.4, -0.2) is 67.5 Å². The lowest BCUT2D eigenvalue weighted by Gasteiger charge is -2.34. The predicted octanol–water partition coefficient (Wildman–Crippen LogP) is 9.13. The summed E-state index contributed by atoms with van der Waals surface area (Å²) < 4.78 is 68.9. The number of rotatable bonds is 12. The largest absolute Gasteiger partial charge is 0.748 e. The fourth-order valence-corrected chi connectivity index (χ4v) is 11.2. The molecule has 8 nitrogen and oxygen atoms in total. The van der Waals surface area contributed by atoms with E-state index in [9.17, 15) is 25.9 Å². The number of likely N-dealkylation sites (tertiary alicyclic amines) is 1. The third kappa shape index (κ3) is 8.11. The Morgan fingerprint density at radius 2 is 1.55 bits per heavy atom. The van der Waals surface area contributed by atoms with Crippen molar-refractivity contribution in [3.63, 3.8) is 0 Å². The van der Waals surface area contributed by atoms with Crippen LogP contribution < -0.4 is 4.90 Å². The Hall–Kier alpha value is -3.51. The minimum atomic E-state index is -4.33. The summed E-state index contributed by atoms with van der Waals surface area (Å²) in [6, 6.07) is 21.1. The zero-order valence-electron chi connectivity index (χ0n) is 32.6. The Bertz CT molecular complexity index is 2390. The highest BCUT2D eigenvalue weighted by molar-refractivity contribution is 7.85. The SMILES string of the molecule is CC1(C)/C(=C\C=C2/CCCC(/C=C/C3N(CCCS(=O)(=O)[O-])C4C=Cc5ccccc5C4C3(C)C)=C2Cl)N(CCCCS(=O)(=O)[O-])c2ccc3ccccc3c21. The molecule has 0 aromatic heterocycles. The van der Waals surface area contributed by atoms with Gasteiger partial charge in [0, 0.05) is 64.4 Å². The van der Waals surface area contributed by atoms with Gasteiger partial charge in [0.15, 0.2) is 0 Å². The Balaban J connectivity index is 1.21. The van der Waals surface area contributed by atoms with E-state index in [1.165, 1.54) is 22.1 Å². The van der Waals surface area contributed by atoms with Crippen molar-refractivity contribution in [1.29, 1.82) is 0 Å². The molecular formula is C45H51ClN2O6S2-2. The maximum Gasteiger partial charge on any atom is 0.0946 e. The molecule has 4 aliphatic rings. The van der Waals surface area contributed by atoms with Crippen molar-refractivity contribution in [3.05, 3.63) is 130 Å². The molecule has 0 radical (unpaired) electrons. The van der Waals surface area contributed by atoms with Crippen LogP contribution in [0.1, 0.15) is 88.8 Å². The van der Waals surface area contributed by atoms with Crippen molar-refractivity contribution in [2.75, 3.05) is 29.5 Å². The summed E-state index contributed by atoms with van der Waals surface area (Å²) in [5.74, 6) is -0.586. The third-order valence-corrected chi connectivity index (χ3v) is 14.5. The molecule has 0 saturated carbocycles. The monoisotopic (exact) mass is 814 g/mol. The van der Waals surface area contributed by atoms with Crippen LogP contribution in [0.25, 0.3) is 16.8 Å². The molecular weight excluding hydrogens is 764 g/mol. The maximum absolute atomic E-state index is 11.6. The number of unbranched alkanes of at least 4 members (excludes halogenated alkanes) is 1. The number of fused-ring (bicyclic) bond motifs is 6. The summed E-state index contributed by atoms with van der Waals surface area (Å²) in [6.07, 6.45) is 16.8.